The van der Waals surface area contributed by atoms with Crippen molar-refractivity contribution < 1.29 is 39.5 Å². The average molecular weight is 654 g/mol. The van der Waals surface area contributed by atoms with Crippen molar-refractivity contribution in [1.29, 1.82) is 0 Å². The molecule has 0 aromatic heterocycles. The highest BCUT2D eigenvalue weighted by atomic mass is 35.5. The number of halogens is 1. The Labute approximate surface area is 273 Å². The standard InChI is InChI=1S/C35H56ClNO8/c1-29(2)23(39)10-13-35-18-34(35)15-14-31(5)27(33(7)12-11-24(45-33)30(3,4)43)21(44-28(42)19(37-36)8-9-25(40)41)17-32(31,6)22(34)16-20(38)26(29)35/h19-24,26-27,37-39,43H,8-18H2,1-7H3,(H,40,41)/t19-,20+,21+,22?,23+,24+,26+,27+,31-,32+,33-,34+,35-/m1/s1. The number of carbonyl (C=O) groups excluding carboxylic acids is 1. The number of hydrogen-bond acceptors (Lipinski definition) is 8. The van der Waals surface area contributed by atoms with Crippen molar-refractivity contribution in [3.8, 4) is 0 Å². The molecule has 45 heavy (non-hydrogen) atoms. The fraction of sp³-hybridized carbons (Fsp3) is 0.943. The van der Waals surface area contributed by atoms with Gasteiger partial charge in [-0.3, -0.25) is 9.59 Å². The predicted molar refractivity (Wildman–Crippen MR) is 168 cm³/mol. The molecule has 1 aliphatic heterocycles. The predicted octanol–water partition coefficient (Wildman–Crippen LogP) is 4.96. The maximum absolute atomic E-state index is 13.6. The Balaban J connectivity index is 1.38. The van der Waals surface area contributed by atoms with Crippen molar-refractivity contribution >= 4 is 23.7 Å². The highest BCUT2D eigenvalue weighted by Crippen LogP contribution is 2.89. The SMILES string of the molecule is CC(C)(O)[C@@H]1CC[C@](C)([C@H]2[C@@H](OC(=O)[C@@H](CCC(=O)O)NCl)C[C@@]3(C)C4C[C@H](O)[C@H]5C(C)(C)[C@@H](O)CC[C@@]56C[C@@]46CC[C@]23C)O1. The molecule has 1 saturated heterocycles. The molecule has 5 N–H and O–H groups in total. The van der Waals surface area contributed by atoms with Crippen molar-refractivity contribution in [2.24, 2.45) is 44.8 Å². The largest absolute Gasteiger partial charge is 0.481 e. The van der Waals surface area contributed by atoms with Gasteiger partial charge in [0.05, 0.1) is 29.5 Å². The average Bonchev–Trinajstić information content (AvgIpc) is 3.27. The highest BCUT2D eigenvalue weighted by Gasteiger charge is 2.85. The van der Waals surface area contributed by atoms with E-state index >= 15 is 0 Å². The van der Waals surface area contributed by atoms with E-state index in [1.54, 1.807) is 13.8 Å². The van der Waals surface area contributed by atoms with Crippen LogP contribution in [0.4, 0.5) is 0 Å². The summed E-state index contributed by atoms with van der Waals surface area (Å²) in [4.78, 5) is 27.4. The maximum atomic E-state index is 13.6. The van der Waals surface area contributed by atoms with Crippen molar-refractivity contribution in [2.45, 2.75) is 161 Å². The molecule has 10 heteroatoms. The van der Waals surface area contributed by atoms with Crippen LogP contribution in [-0.2, 0) is 19.1 Å². The molecule has 1 unspecified atom stereocenters. The van der Waals surface area contributed by atoms with E-state index in [4.69, 9.17) is 21.3 Å². The van der Waals surface area contributed by atoms with Gasteiger partial charge in [-0.05, 0) is 136 Å². The van der Waals surface area contributed by atoms with Crippen LogP contribution in [0, 0.1) is 44.8 Å². The number of carbonyl (C=O) groups is 2. The third-order valence-corrected chi connectivity index (χ3v) is 15.3. The van der Waals surface area contributed by atoms with E-state index in [1.165, 1.54) is 0 Å². The first kappa shape index (κ1) is 33.9. The Hall–Kier alpha value is -0.970. The third kappa shape index (κ3) is 4.63. The fourth-order valence-corrected chi connectivity index (χ4v) is 13.1. The lowest BCUT2D eigenvalue weighted by molar-refractivity contribution is -0.214. The van der Waals surface area contributed by atoms with Crippen molar-refractivity contribution in [3.05, 3.63) is 0 Å². The number of hydrogen-bond donors (Lipinski definition) is 5. The second-order valence-electron chi connectivity index (χ2n) is 17.9. The van der Waals surface area contributed by atoms with E-state index in [0.29, 0.717) is 19.3 Å². The van der Waals surface area contributed by atoms with Crippen LogP contribution >= 0.6 is 11.8 Å². The molecule has 6 aliphatic rings. The Bertz CT molecular complexity index is 1220. The zero-order valence-corrected chi connectivity index (χ0v) is 29.0. The minimum atomic E-state index is -1.02. The molecule has 0 aromatic rings. The molecule has 13 atom stereocenters. The van der Waals surface area contributed by atoms with Crippen LogP contribution in [0.25, 0.3) is 0 Å². The van der Waals surface area contributed by atoms with Gasteiger partial charge >= 0.3 is 11.9 Å². The molecule has 1 heterocycles. The topological polar surface area (TPSA) is 146 Å². The third-order valence-electron chi connectivity index (χ3n) is 15.1. The first-order valence-electron chi connectivity index (χ1n) is 17.3. The summed E-state index contributed by atoms with van der Waals surface area (Å²) in [5.41, 5.74) is -2.51. The number of nitrogens with one attached hydrogen (secondary N) is 1. The summed E-state index contributed by atoms with van der Waals surface area (Å²) in [7, 11) is 0. The van der Waals surface area contributed by atoms with E-state index in [2.05, 4.69) is 39.5 Å². The van der Waals surface area contributed by atoms with Gasteiger partial charge in [0.2, 0.25) is 0 Å². The molecule has 9 nitrogen and oxygen atoms in total. The number of aliphatic hydroxyl groups is 3. The van der Waals surface area contributed by atoms with Gasteiger partial charge in [-0.25, -0.2) is 4.84 Å². The van der Waals surface area contributed by atoms with Gasteiger partial charge in [-0.2, -0.15) is 0 Å². The first-order chi connectivity index (χ1) is 20.7. The summed E-state index contributed by atoms with van der Waals surface area (Å²) in [6.45, 7) is 14.6. The first-order valence-corrected chi connectivity index (χ1v) is 17.6. The van der Waals surface area contributed by atoms with Gasteiger partial charge in [0.1, 0.15) is 12.1 Å². The summed E-state index contributed by atoms with van der Waals surface area (Å²) >= 11 is 5.95. The van der Waals surface area contributed by atoms with Crippen LogP contribution in [0.15, 0.2) is 0 Å². The van der Waals surface area contributed by atoms with E-state index in [-0.39, 0.29) is 63.8 Å². The Morgan fingerprint density at radius 2 is 1.69 bits per heavy atom. The molecular weight excluding hydrogens is 598 g/mol. The zero-order valence-electron chi connectivity index (χ0n) is 28.2. The number of aliphatic carboxylic acids is 1. The van der Waals surface area contributed by atoms with Gasteiger partial charge in [0.15, 0.2) is 0 Å². The molecule has 5 aliphatic carbocycles. The number of fused-ring (bicyclic) bond motifs is 2. The monoisotopic (exact) mass is 653 g/mol. The van der Waals surface area contributed by atoms with Crippen LogP contribution in [0.5, 0.6) is 0 Å². The van der Waals surface area contributed by atoms with E-state index < -0.39 is 47.5 Å². The molecule has 6 fully saturated rings. The van der Waals surface area contributed by atoms with Gasteiger partial charge in [0.25, 0.3) is 0 Å². The Kier molecular flexibility index (Phi) is 7.92. The van der Waals surface area contributed by atoms with Crippen LogP contribution in [0.3, 0.4) is 0 Å². The van der Waals surface area contributed by atoms with Crippen LogP contribution < -0.4 is 4.84 Å². The number of aliphatic hydroxyl groups excluding tert-OH is 2. The quantitative estimate of drug-likeness (QED) is 0.181. The lowest BCUT2D eigenvalue weighted by Crippen LogP contribution is -2.62. The Morgan fingerprint density at radius 3 is 2.29 bits per heavy atom. The lowest BCUT2D eigenvalue weighted by Gasteiger charge is -2.64. The van der Waals surface area contributed by atoms with Crippen molar-refractivity contribution in [2.75, 3.05) is 0 Å². The van der Waals surface area contributed by atoms with Crippen molar-refractivity contribution in [3.63, 3.8) is 0 Å². The smallest absolute Gasteiger partial charge is 0.324 e. The molecule has 256 valence electrons. The second kappa shape index (κ2) is 10.5. The number of rotatable bonds is 8. The summed E-state index contributed by atoms with van der Waals surface area (Å²) in [6, 6.07) is -0.959. The zero-order chi connectivity index (χ0) is 33.2. The molecule has 0 amide bonds. The molecule has 0 aromatic carbocycles. The number of esters is 1. The summed E-state index contributed by atoms with van der Waals surface area (Å²) in [6.07, 6.45) is 5.45. The van der Waals surface area contributed by atoms with E-state index in [9.17, 15) is 30.0 Å². The minimum Gasteiger partial charge on any atom is -0.481 e. The maximum Gasteiger partial charge on any atom is 0.324 e. The van der Waals surface area contributed by atoms with Crippen molar-refractivity contribution in [1.82, 2.24) is 4.84 Å². The molecular formula is C35H56ClNO8. The Morgan fingerprint density at radius 1 is 1.00 bits per heavy atom. The van der Waals surface area contributed by atoms with E-state index in [1.807, 2.05) is 0 Å². The summed E-state index contributed by atoms with van der Waals surface area (Å²) in [5, 5.41) is 43.2. The van der Waals surface area contributed by atoms with E-state index in [0.717, 1.165) is 38.5 Å². The number of ether oxygens (including phenoxy) is 2. The molecule has 0 radical (unpaired) electrons. The van der Waals surface area contributed by atoms with Gasteiger partial charge in [0, 0.05) is 12.3 Å². The highest BCUT2D eigenvalue weighted by molar-refractivity contribution is 6.14. The van der Waals surface area contributed by atoms with Gasteiger partial charge in [-0.1, -0.05) is 27.7 Å². The fourth-order valence-electron chi connectivity index (χ4n) is 12.9. The molecule has 0 bridgehead atoms. The summed E-state index contributed by atoms with van der Waals surface area (Å²) in [5.74, 6) is -1.47. The minimum absolute atomic E-state index is 0.0108. The number of carboxylic acids is 1. The molecule has 2 spiro atoms. The van der Waals surface area contributed by atoms with Crippen LogP contribution in [0.2, 0.25) is 0 Å². The van der Waals surface area contributed by atoms with Crippen LogP contribution in [-0.4, -0.2) is 74.0 Å². The van der Waals surface area contributed by atoms with Gasteiger partial charge < -0.3 is 29.9 Å². The molecule has 5 saturated carbocycles. The normalized spacial score (nSPS) is 50.5. The molecule has 6 rings (SSSR count). The number of carboxylic acid groups (broad SMARTS) is 1. The summed E-state index contributed by atoms with van der Waals surface area (Å²) < 4.78 is 13.2. The second-order valence-corrected chi connectivity index (χ2v) is 18.1. The van der Waals surface area contributed by atoms with Crippen LogP contribution in [0.1, 0.15) is 119 Å². The lowest BCUT2D eigenvalue weighted by atomic mass is 9.41. The van der Waals surface area contributed by atoms with Gasteiger partial charge in [-0.15, -0.1) is 0 Å².